The van der Waals surface area contributed by atoms with E-state index in [9.17, 15) is 0 Å². The molecule has 0 saturated heterocycles. The minimum atomic E-state index is 0.763. The zero-order valence-corrected chi connectivity index (χ0v) is 9.80. The maximum absolute atomic E-state index is 5.95. The van der Waals surface area contributed by atoms with Gasteiger partial charge in [0, 0.05) is 9.92 Å². The van der Waals surface area contributed by atoms with Crippen LogP contribution in [0.15, 0.2) is 53.4 Å². The molecule has 0 heterocycles. The van der Waals surface area contributed by atoms with E-state index in [1.165, 1.54) is 5.56 Å². The summed E-state index contributed by atoms with van der Waals surface area (Å²) in [6.07, 6.45) is 0.875. The molecule has 0 aromatic heterocycles. The minimum absolute atomic E-state index is 0.763. The average Bonchev–Trinajstić information content (AvgIpc) is 2.25. The lowest BCUT2D eigenvalue weighted by atomic mass is 10.1. The summed E-state index contributed by atoms with van der Waals surface area (Å²) in [4.78, 5) is 0.989. The van der Waals surface area contributed by atoms with E-state index in [1.807, 2.05) is 36.4 Å². The molecule has 0 aliphatic carbocycles. The highest BCUT2D eigenvalue weighted by molar-refractivity contribution is 7.80. The Hall–Kier alpha value is -0.920. The Kier molecular flexibility index (Phi) is 3.34. The first-order chi connectivity index (χ1) is 7.25. The largest absolute Gasteiger partial charge is 0.143 e. The average molecular weight is 235 g/mol. The van der Waals surface area contributed by atoms with Crippen molar-refractivity contribution < 1.29 is 0 Å². The van der Waals surface area contributed by atoms with E-state index in [-0.39, 0.29) is 0 Å². The topological polar surface area (TPSA) is 0 Å². The second-order valence-corrected chi connectivity index (χ2v) is 4.35. The molecule has 0 bridgehead atoms. The molecule has 0 unspecified atom stereocenters. The molecule has 0 fully saturated rings. The number of hydrogen-bond donors (Lipinski definition) is 1. The first-order valence-electron chi connectivity index (χ1n) is 4.77. The molecule has 76 valence electrons. The summed E-state index contributed by atoms with van der Waals surface area (Å²) >= 11 is 10.4. The number of benzene rings is 2. The lowest BCUT2D eigenvalue weighted by Gasteiger charge is -2.05. The second kappa shape index (κ2) is 4.73. The number of hydrogen-bond acceptors (Lipinski definition) is 1. The van der Waals surface area contributed by atoms with Crippen molar-refractivity contribution in [1.29, 1.82) is 0 Å². The molecule has 0 aliphatic rings. The van der Waals surface area contributed by atoms with Crippen LogP contribution >= 0.6 is 24.2 Å². The van der Waals surface area contributed by atoms with Gasteiger partial charge in [-0.15, -0.1) is 12.6 Å². The van der Waals surface area contributed by atoms with Crippen molar-refractivity contribution in [3.63, 3.8) is 0 Å². The van der Waals surface area contributed by atoms with Gasteiger partial charge >= 0.3 is 0 Å². The number of rotatable bonds is 2. The number of halogens is 1. The molecule has 2 aromatic rings. The lowest BCUT2D eigenvalue weighted by Crippen LogP contribution is -1.89. The molecule has 0 spiro atoms. The van der Waals surface area contributed by atoms with E-state index in [2.05, 4.69) is 24.8 Å². The second-order valence-electron chi connectivity index (χ2n) is 3.44. The van der Waals surface area contributed by atoms with E-state index in [1.54, 1.807) is 0 Å². The molecule has 2 heteroatoms. The molecular weight excluding hydrogens is 224 g/mol. The van der Waals surface area contributed by atoms with Crippen LogP contribution < -0.4 is 0 Å². The molecule has 2 rings (SSSR count). The van der Waals surface area contributed by atoms with E-state index in [4.69, 9.17) is 11.6 Å². The predicted molar refractivity (Wildman–Crippen MR) is 68.0 cm³/mol. The van der Waals surface area contributed by atoms with Gasteiger partial charge < -0.3 is 0 Å². The summed E-state index contributed by atoms with van der Waals surface area (Å²) in [5, 5.41) is 0.763. The van der Waals surface area contributed by atoms with Crippen LogP contribution in [-0.4, -0.2) is 0 Å². The van der Waals surface area contributed by atoms with Crippen molar-refractivity contribution in [1.82, 2.24) is 0 Å². The molecule has 0 amide bonds. The zero-order chi connectivity index (χ0) is 10.7. The van der Waals surface area contributed by atoms with Crippen molar-refractivity contribution in [2.45, 2.75) is 11.3 Å². The SMILES string of the molecule is Sc1ccc(Cl)cc1Cc1ccccc1. The third-order valence-electron chi connectivity index (χ3n) is 2.28. The smallest absolute Gasteiger partial charge is 0.0409 e. The fourth-order valence-electron chi connectivity index (χ4n) is 1.51. The summed E-state index contributed by atoms with van der Waals surface area (Å²) in [7, 11) is 0. The third kappa shape index (κ3) is 2.77. The van der Waals surface area contributed by atoms with Crippen LogP contribution in [-0.2, 0) is 6.42 Å². The Morgan fingerprint density at radius 1 is 1.00 bits per heavy atom. The van der Waals surface area contributed by atoms with Crippen LogP contribution in [0.3, 0.4) is 0 Å². The van der Waals surface area contributed by atoms with Gasteiger partial charge in [-0.1, -0.05) is 41.9 Å². The van der Waals surface area contributed by atoms with E-state index in [0.29, 0.717) is 0 Å². The van der Waals surface area contributed by atoms with Gasteiger partial charge in [-0.3, -0.25) is 0 Å². The Morgan fingerprint density at radius 2 is 1.73 bits per heavy atom. The normalized spacial score (nSPS) is 10.3. The molecule has 0 N–H and O–H groups in total. The van der Waals surface area contributed by atoms with Gasteiger partial charge in [-0.2, -0.15) is 0 Å². The highest BCUT2D eigenvalue weighted by Gasteiger charge is 2.01. The van der Waals surface area contributed by atoms with E-state index < -0.39 is 0 Å². The van der Waals surface area contributed by atoms with Crippen LogP contribution in [0.4, 0.5) is 0 Å². The van der Waals surface area contributed by atoms with Gasteiger partial charge in [0.2, 0.25) is 0 Å². The molecule has 2 aromatic carbocycles. The Morgan fingerprint density at radius 3 is 2.47 bits per heavy atom. The van der Waals surface area contributed by atoms with Gasteiger partial charge in [0.1, 0.15) is 0 Å². The van der Waals surface area contributed by atoms with Crippen molar-refractivity contribution >= 4 is 24.2 Å². The van der Waals surface area contributed by atoms with Crippen LogP contribution in [0.25, 0.3) is 0 Å². The maximum Gasteiger partial charge on any atom is 0.0409 e. The first-order valence-corrected chi connectivity index (χ1v) is 5.59. The maximum atomic E-state index is 5.95. The van der Waals surface area contributed by atoms with E-state index in [0.717, 1.165) is 21.9 Å². The lowest BCUT2D eigenvalue weighted by molar-refractivity contribution is 1.13. The quantitative estimate of drug-likeness (QED) is 0.739. The minimum Gasteiger partial charge on any atom is -0.143 e. The summed E-state index contributed by atoms with van der Waals surface area (Å²) in [6, 6.07) is 16.1. The van der Waals surface area contributed by atoms with Crippen molar-refractivity contribution in [2.24, 2.45) is 0 Å². The van der Waals surface area contributed by atoms with Crippen molar-refractivity contribution in [2.75, 3.05) is 0 Å². The van der Waals surface area contributed by atoms with Crippen LogP contribution in [0.1, 0.15) is 11.1 Å². The van der Waals surface area contributed by atoms with Gasteiger partial charge in [0.05, 0.1) is 0 Å². The first kappa shape index (κ1) is 10.6. The Balaban J connectivity index is 2.28. The Labute approximate surface area is 100 Å². The summed E-state index contributed by atoms with van der Waals surface area (Å²) in [5.41, 5.74) is 2.44. The highest BCUT2D eigenvalue weighted by atomic mass is 35.5. The van der Waals surface area contributed by atoms with Crippen LogP contribution in [0, 0.1) is 0 Å². The fourth-order valence-corrected chi connectivity index (χ4v) is 1.92. The zero-order valence-electron chi connectivity index (χ0n) is 8.15. The molecule has 0 nitrogen and oxygen atoms in total. The summed E-state index contributed by atoms with van der Waals surface area (Å²) in [6.45, 7) is 0. The molecule has 0 atom stereocenters. The van der Waals surface area contributed by atoms with Gasteiger partial charge in [-0.25, -0.2) is 0 Å². The van der Waals surface area contributed by atoms with Gasteiger partial charge in [-0.05, 0) is 35.7 Å². The molecule has 0 saturated carbocycles. The van der Waals surface area contributed by atoms with Crippen molar-refractivity contribution in [3.05, 3.63) is 64.7 Å². The third-order valence-corrected chi connectivity index (χ3v) is 2.95. The monoisotopic (exact) mass is 234 g/mol. The molecular formula is C13H11ClS. The number of thiol groups is 1. The summed E-state index contributed by atoms with van der Waals surface area (Å²) in [5.74, 6) is 0. The van der Waals surface area contributed by atoms with Gasteiger partial charge in [0.25, 0.3) is 0 Å². The standard InChI is InChI=1S/C13H11ClS/c14-12-6-7-13(15)11(9-12)8-10-4-2-1-3-5-10/h1-7,9,15H,8H2. The van der Waals surface area contributed by atoms with Crippen LogP contribution in [0.2, 0.25) is 5.02 Å². The predicted octanol–water partition coefficient (Wildman–Crippen LogP) is 4.22. The molecule has 0 aliphatic heterocycles. The molecule has 0 radical (unpaired) electrons. The van der Waals surface area contributed by atoms with Crippen molar-refractivity contribution in [3.8, 4) is 0 Å². The fraction of sp³-hybridized carbons (Fsp3) is 0.0769. The Bertz CT molecular complexity index is 451. The molecule has 15 heavy (non-hydrogen) atoms. The van der Waals surface area contributed by atoms with E-state index >= 15 is 0 Å². The van der Waals surface area contributed by atoms with Crippen LogP contribution in [0.5, 0.6) is 0 Å². The summed E-state index contributed by atoms with van der Waals surface area (Å²) < 4.78 is 0. The van der Waals surface area contributed by atoms with Gasteiger partial charge in [0.15, 0.2) is 0 Å². The highest BCUT2D eigenvalue weighted by Crippen LogP contribution is 2.21.